The van der Waals surface area contributed by atoms with Crippen LogP contribution in [-0.2, 0) is 4.74 Å². The molecular weight excluding hydrogens is 445 g/mol. The van der Waals surface area contributed by atoms with Gasteiger partial charge < -0.3 is 24.8 Å². The van der Waals surface area contributed by atoms with Crippen molar-refractivity contribution >= 4 is 29.9 Å². The van der Waals surface area contributed by atoms with Gasteiger partial charge in [0.2, 0.25) is 0 Å². The van der Waals surface area contributed by atoms with Gasteiger partial charge in [0.15, 0.2) is 5.96 Å². The van der Waals surface area contributed by atoms with Gasteiger partial charge in [0.1, 0.15) is 17.6 Å². The molecule has 150 valence electrons. The van der Waals surface area contributed by atoms with Crippen molar-refractivity contribution in [3.63, 3.8) is 0 Å². The van der Waals surface area contributed by atoms with Crippen LogP contribution in [0.4, 0.5) is 0 Å². The molecule has 7 heteroatoms. The summed E-state index contributed by atoms with van der Waals surface area (Å²) in [4.78, 5) is 4.59. The smallest absolute Gasteiger partial charge is 0.191 e. The van der Waals surface area contributed by atoms with Crippen LogP contribution in [-0.4, -0.2) is 52.0 Å². The van der Waals surface area contributed by atoms with Gasteiger partial charge in [-0.1, -0.05) is 0 Å². The van der Waals surface area contributed by atoms with Crippen molar-refractivity contribution in [3.8, 4) is 11.5 Å². The van der Waals surface area contributed by atoms with E-state index in [0.29, 0.717) is 6.54 Å². The van der Waals surface area contributed by atoms with Crippen LogP contribution < -0.4 is 20.1 Å². The SMILES string of the molecule is CCNC(=NCC(C)Oc1ccc(OC)cc1)NCCCCOCC.I. The molecule has 0 saturated carbocycles. The second-order valence-electron chi connectivity index (χ2n) is 5.65. The average molecular weight is 479 g/mol. The zero-order valence-electron chi connectivity index (χ0n) is 16.4. The molecule has 0 aromatic heterocycles. The Kier molecular flexibility index (Phi) is 15.2. The summed E-state index contributed by atoms with van der Waals surface area (Å²) >= 11 is 0. The van der Waals surface area contributed by atoms with E-state index in [0.717, 1.165) is 56.6 Å². The van der Waals surface area contributed by atoms with Crippen LogP contribution in [0.3, 0.4) is 0 Å². The van der Waals surface area contributed by atoms with Gasteiger partial charge in [-0.15, -0.1) is 24.0 Å². The van der Waals surface area contributed by atoms with Gasteiger partial charge in [-0.25, -0.2) is 4.99 Å². The Balaban J connectivity index is 0.00000625. The molecular formula is C19H34IN3O3. The van der Waals surface area contributed by atoms with Crippen molar-refractivity contribution in [3.05, 3.63) is 24.3 Å². The molecule has 26 heavy (non-hydrogen) atoms. The fourth-order valence-electron chi connectivity index (χ4n) is 2.17. The molecule has 1 unspecified atom stereocenters. The summed E-state index contributed by atoms with van der Waals surface area (Å²) in [6, 6.07) is 7.58. The standard InChI is InChI=1S/C19H33N3O3.HI/c1-5-20-19(21-13-7-8-14-24-6-2)22-15-16(3)25-18-11-9-17(23-4)10-12-18;/h9-12,16H,5-8,13-15H2,1-4H3,(H2,20,21,22);1H. The molecule has 0 saturated heterocycles. The Labute approximate surface area is 175 Å². The Morgan fingerprint density at radius 3 is 2.38 bits per heavy atom. The molecule has 1 aromatic carbocycles. The van der Waals surface area contributed by atoms with Crippen LogP contribution in [0.5, 0.6) is 11.5 Å². The minimum absolute atomic E-state index is 0. The molecule has 0 amide bonds. The van der Waals surface area contributed by atoms with Crippen molar-refractivity contribution in [2.45, 2.75) is 39.7 Å². The lowest BCUT2D eigenvalue weighted by atomic mass is 10.3. The first-order valence-electron chi connectivity index (χ1n) is 9.10. The molecule has 0 bridgehead atoms. The van der Waals surface area contributed by atoms with E-state index in [9.17, 15) is 0 Å². The van der Waals surface area contributed by atoms with Gasteiger partial charge in [-0.3, -0.25) is 0 Å². The Morgan fingerprint density at radius 1 is 1.08 bits per heavy atom. The third-order valence-corrected chi connectivity index (χ3v) is 3.46. The second-order valence-corrected chi connectivity index (χ2v) is 5.65. The maximum Gasteiger partial charge on any atom is 0.191 e. The first-order valence-corrected chi connectivity index (χ1v) is 9.10. The summed E-state index contributed by atoms with van der Waals surface area (Å²) < 4.78 is 16.4. The fraction of sp³-hybridized carbons (Fsp3) is 0.632. The number of benzene rings is 1. The Morgan fingerprint density at radius 2 is 1.77 bits per heavy atom. The van der Waals surface area contributed by atoms with Gasteiger partial charge in [0, 0.05) is 26.3 Å². The molecule has 0 heterocycles. The van der Waals surface area contributed by atoms with Crippen molar-refractivity contribution in [2.75, 3.05) is 40.0 Å². The van der Waals surface area contributed by atoms with Gasteiger partial charge >= 0.3 is 0 Å². The number of nitrogens with zero attached hydrogens (tertiary/aromatic N) is 1. The van der Waals surface area contributed by atoms with E-state index < -0.39 is 0 Å². The Bertz CT molecular complexity index is 483. The number of hydrogen-bond acceptors (Lipinski definition) is 4. The lowest BCUT2D eigenvalue weighted by Gasteiger charge is -2.15. The number of unbranched alkanes of at least 4 members (excludes halogenated alkanes) is 1. The van der Waals surface area contributed by atoms with Gasteiger partial charge in [-0.2, -0.15) is 0 Å². The van der Waals surface area contributed by atoms with Crippen LogP contribution in [0.15, 0.2) is 29.3 Å². The molecule has 6 nitrogen and oxygen atoms in total. The molecule has 1 rings (SSSR count). The first kappa shape index (κ1) is 24.8. The minimum atomic E-state index is -0.0122. The number of rotatable bonds is 12. The monoisotopic (exact) mass is 479 g/mol. The molecule has 1 aromatic rings. The van der Waals surface area contributed by atoms with Crippen molar-refractivity contribution in [2.24, 2.45) is 4.99 Å². The van der Waals surface area contributed by atoms with Crippen LogP contribution in [0, 0.1) is 0 Å². The summed E-state index contributed by atoms with van der Waals surface area (Å²) in [6.45, 7) is 9.99. The van der Waals surface area contributed by atoms with Crippen LogP contribution in [0.25, 0.3) is 0 Å². The van der Waals surface area contributed by atoms with Gasteiger partial charge in [-0.05, 0) is 57.9 Å². The second kappa shape index (κ2) is 16.0. The number of nitrogens with one attached hydrogen (secondary N) is 2. The molecule has 0 aliphatic heterocycles. The quantitative estimate of drug-likeness (QED) is 0.208. The van der Waals surface area contributed by atoms with Crippen molar-refractivity contribution in [1.82, 2.24) is 10.6 Å². The van der Waals surface area contributed by atoms with Crippen molar-refractivity contribution < 1.29 is 14.2 Å². The van der Waals surface area contributed by atoms with Gasteiger partial charge in [0.05, 0.1) is 13.7 Å². The van der Waals surface area contributed by atoms with E-state index in [-0.39, 0.29) is 30.1 Å². The van der Waals surface area contributed by atoms with Gasteiger partial charge in [0.25, 0.3) is 0 Å². The maximum absolute atomic E-state index is 5.88. The average Bonchev–Trinajstić information content (AvgIpc) is 2.63. The zero-order valence-corrected chi connectivity index (χ0v) is 18.7. The van der Waals surface area contributed by atoms with Crippen LogP contribution in [0.2, 0.25) is 0 Å². The zero-order chi connectivity index (χ0) is 18.3. The molecule has 1 atom stereocenters. The van der Waals surface area contributed by atoms with E-state index in [1.807, 2.05) is 38.1 Å². The summed E-state index contributed by atoms with van der Waals surface area (Å²) in [7, 11) is 1.65. The number of aliphatic imine (C=N–C) groups is 1. The third kappa shape index (κ3) is 11.4. The predicted octanol–water partition coefficient (Wildman–Crippen LogP) is 3.45. The first-order chi connectivity index (χ1) is 12.2. The molecule has 0 radical (unpaired) electrons. The predicted molar refractivity (Wildman–Crippen MR) is 118 cm³/mol. The normalized spacial score (nSPS) is 12.1. The highest BCUT2D eigenvalue weighted by molar-refractivity contribution is 14.0. The van der Waals surface area contributed by atoms with Crippen LogP contribution >= 0.6 is 24.0 Å². The van der Waals surface area contributed by atoms with Crippen LogP contribution in [0.1, 0.15) is 33.6 Å². The number of ether oxygens (including phenoxy) is 3. The summed E-state index contributed by atoms with van der Waals surface area (Å²) in [5.74, 6) is 2.46. The topological polar surface area (TPSA) is 64.1 Å². The molecule has 0 aliphatic rings. The Hall–Kier alpha value is -1.22. The molecule has 0 aliphatic carbocycles. The van der Waals surface area contributed by atoms with E-state index in [4.69, 9.17) is 14.2 Å². The lowest BCUT2D eigenvalue weighted by Crippen LogP contribution is -2.38. The van der Waals surface area contributed by atoms with E-state index in [2.05, 4.69) is 22.5 Å². The molecule has 2 N–H and O–H groups in total. The highest BCUT2D eigenvalue weighted by Crippen LogP contribution is 2.18. The minimum Gasteiger partial charge on any atom is -0.497 e. The summed E-state index contributed by atoms with van der Waals surface area (Å²) in [5.41, 5.74) is 0. The summed E-state index contributed by atoms with van der Waals surface area (Å²) in [5, 5.41) is 6.60. The number of hydrogen-bond donors (Lipinski definition) is 2. The summed E-state index contributed by atoms with van der Waals surface area (Å²) in [6.07, 6.45) is 2.10. The van der Waals surface area contributed by atoms with E-state index in [1.165, 1.54) is 0 Å². The number of methoxy groups -OCH3 is 1. The number of guanidine groups is 1. The van der Waals surface area contributed by atoms with E-state index in [1.54, 1.807) is 7.11 Å². The number of halogens is 1. The molecule has 0 spiro atoms. The highest BCUT2D eigenvalue weighted by atomic mass is 127. The highest BCUT2D eigenvalue weighted by Gasteiger charge is 2.05. The van der Waals surface area contributed by atoms with Crippen molar-refractivity contribution in [1.29, 1.82) is 0 Å². The third-order valence-electron chi connectivity index (χ3n) is 3.46. The largest absolute Gasteiger partial charge is 0.497 e. The lowest BCUT2D eigenvalue weighted by molar-refractivity contribution is 0.143. The maximum atomic E-state index is 5.88. The molecule has 0 fully saturated rings. The fourth-order valence-corrected chi connectivity index (χ4v) is 2.17. The van der Waals surface area contributed by atoms with E-state index >= 15 is 0 Å².